The Bertz CT molecular complexity index is 3210. The molecule has 1 atom stereocenters. The van der Waals surface area contributed by atoms with Gasteiger partial charge in [0.2, 0.25) is 0 Å². The number of aromatic nitrogens is 4. The fraction of sp³-hybridized carbons (Fsp3) is 0.0678. The first-order chi connectivity index (χ1) is 31.0. The second-order valence-electron chi connectivity index (χ2n) is 16.6. The zero-order chi connectivity index (χ0) is 42.3. The molecule has 10 aromatic rings. The second kappa shape index (κ2) is 16.2. The van der Waals surface area contributed by atoms with Gasteiger partial charge < -0.3 is 4.57 Å². The van der Waals surface area contributed by atoms with Crippen molar-refractivity contribution in [1.29, 1.82) is 0 Å². The van der Waals surface area contributed by atoms with E-state index in [1.807, 2.05) is 36.4 Å². The van der Waals surface area contributed by atoms with Crippen molar-refractivity contribution in [3.63, 3.8) is 0 Å². The molecule has 0 N–H and O–H groups in total. The highest BCUT2D eigenvalue weighted by molar-refractivity contribution is 6.13. The maximum absolute atomic E-state index is 5.30. The van der Waals surface area contributed by atoms with Gasteiger partial charge in [0, 0.05) is 39.1 Å². The van der Waals surface area contributed by atoms with Crippen LogP contribution in [0.15, 0.2) is 212 Å². The molecule has 11 rings (SSSR count). The van der Waals surface area contributed by atoms with Crippen LogP contribution in [0.2, 0.25) is 0 Å². The van der Waals surface area contributed by atoms with Crippen LogP contribution in [0.4, 0.5) is 0 Å². The Morgan fingerprint density at radius 2 is 0.794 bits per heavy atom. The van der Waals surface area contributed by atoms with E-state index in [9.17, 15) is 0 Å². The Labute approximate surface area is 368 Å². The number of fused-ring (bicyclic) bond motifs is 3. The molecule has 0 saturated heterocycles. The quantitative estimate of drug-likeness (QED) is 0.154. The molecule has 8 aromatic carbocycles. The number of hydrogen-bond donors (Lipinski definition) is 0. The molecule has 0 fully saturated rings. The summed E-state index contributed by atoms with van der Waals surface area (Å²) in [5.74, 6) is 1.92. The first-order valence-electron chi connectivity index (χ1n) is 21.7. The average molecular weight is 809 g/mol. The highest BCUT2D eigenvalue weighted by atomic mass is 15.0. The molecule has 0 saturated carbocycles. The summed E-state index contributed by atoms with van der Waals surface area (Å²) in [7, 11) is 0. The zero-order valence-electron chi connectivity index (χ0n) is 35.3. The number of rotatable bonds is 8. The minimum Gasteiger partial charge on any atom is -0.312 e. The Morgan fingerprint density at radius 3 is 1.27 bits per heavy atom. The fourth-order valence-electron chi connectivity index (χ4n) is 9.22. The van der Waals surface area contributed by atoms with Crippen LogP contribution >= 0.6 is 0 Å². The Kier molecular flexibility index (Phi) is 9.74. The summed E-state index contributed by atoms with van der Waals surface area (Å²) in [6.45, 7) is 4.37. The predicted octanol–water partition coefficient (Wildman–Crippen LogP) is 14.9. The van der Waals surface area contributed by atoms with Crippen molar-refractivity contribution in [2.75, 3.05) is 0 Å². The van der Waals surface area contributed by atoms with Crippen molar-refractivity contribution in [3.05, 3.63) is 240 Å². The van der Waals surface area contributed by atoms with Gasteiger partial charge in [0.15, 0.2) is 17.5 Å². The molecule has 1 unspecified atom stereocenters. The van der Waals surface area contributed by atoms with Crippen molar-refractivity contribution < 1.29 is 0 Å². The van der Waals surface area contributed by atoms with Crippen LogP contribution in [-0.2, 0) is 0 Å². The third-order valence-corrected chi connectivity index (χ3v) is 12.4. The van der Waals surface area contributed by atoms with Crippen molar-refractivity contribution in [3.8, 4) is 45.0 Å². The molecule has 1 aliphatic carbocycles. The van der Waals surface area contributed by atoms with E-state index in [4.69, 9.17) is 15.0 Å². The summed E-state index contributed by atoms with van der Waals surface area (Å²) >= 11 is 0. The highest BCUT2D eigenvalue weighted by Gasteiger charge is 2.32. The standard InChI is InChI=1S/C59H44N4/c1-39-23-33-54-52(35-39)53-36-40(2)24-34-55(53)63(54)56-50(45-29-25-43(26-30-45)41-15-7-3-8-16-41)37-49(38-51(56)46-31-27-44(28-32-46)42-17-9-4-10-18-42)59-61-57(47-19-11-5-12-20-47)60-58(62-59)48-21-13-6-14-22-48/h3-37,51H,38H2,1-2H3. The molecule has 0 aliphatic heterocycles. The summed E-state index contributed by atoms with van der Waals surface area (Å²) in [6, 6.07) is 73.8. The zero-order valence-corrected chi connectivity index (χ0v) is 35.3. The van der Waals surface area contributed by atoms with Gasteiger partial charge in [0.1, 0.15) is 0 Å². The van der Waals surface area contributed by atoms with Crippen molar-refractivity contribution in [2.24, 2.45) is 0 Å². The number of hydrogen-bond acceptors (Lipinski definition) is 3. The SMILES string of the molecule is Cc1ccc2c(c1)c1cc(C)ccc1n2C1=C(c2ccc(-c3ccccc3)cc2)C=C(c2nc(-c3ccccc3)nc(-c3ccccc3)n2)CC1c1ccc(-c2ccccc2)cc1. The molecule has 300 valence electrons. The molecule has 4 nitrogen and oxygen atoms in total. The average Bonchev–Trinajstić information content (AvgIpc) is 3.66. The lowest BCUT2D eigenvalue weighted by atomic mass is 9.79. The van der Waals surface area contributed by atoms with Gasteiger partial charge in [0.25, 0.3) is 0 Å². The minimum atomic E-state index is -0.0721. The molecule has 0 radical (unpaired) electrons. The van der Waals surface area contributed by atoms with E-state index in [1.54, 1.807) is 0 Å². The topological polar surface area (TPSA) is 43.6 Å². The number of aryl methyl sites for hydroxylation is 2. The lowest BCUT2D eigenvalue weighted by Gasteiger charge is -2.31. The van der Waals surface area contributed by atoms with Crippen LogP contribution < -0.4 is 0 Å². The van der Waals surface area contributed by atoms with E-state index >= 15 is 0 Å². The number of allylic oxidation sites excluding steroid dienone is 4. The molecule has 0 amide bonds. The van der Waals surface area contributed by atoms with Gasteiger partial charge in [-0.1, -0.05) is 193 Å². The van der Waals surface area contributed by atoms with Gasteiger partial charge in [-0.3, -0.25) is 0 Å². The van der Waals surface area contributed by atoms with Crippen LogP contribution in [0, 0.1) is 13.8 Å². The Hall–Kier alpha value is -7.95. The van der Waals surface area contributed by atoms with Gasteiger partial charge in [-0.05, 0) is 89.6 Å². The third-order valence-electron chi connectivity index (χ3n) is 12.4. The van der Waals surface area contributed by atoms with Crippen molar-refractivity contribution in [2.45, 2.75) is 26.2 Å². The molecule has 2 aromatic heterocycles. The fourth-order valence-corrected chi connectivity index (χ4v) is 9.22. The highest BCUT2D eigenvalue weighted by Crippen LogP contribution is 2.49. The third kappa shape index (κ3) is 7.26. The molecule has 2 heterocycles. The lowest BCUT2D eigenvalue weighted by molar-refractivity contribution is 0.835. The summed E-state index contributed by atoms with van der Waals surface area (Å²) in [4.78, 5) is 15.7. The maximum atomic E-state index is 5.30. The second-order valence-corrected chi connectivity index (χ2v) is 16.6. The van der Waals surface area contributed by atoms with Gasteiger partial charge in [-0.15, -0.1) is 0 Å². The van der Waals surface area contributed by atoms with Crippen LogP contribution in [0.25, 0.3) is 83.7 Å². The molecule has 1 aliphatic rings. The van der Waals surface area contributed by atoms with Gasteiger partial charge in [-0.25, -0.2) is 15.0 Å². The predicted molar refractivity (Wildman–Crippen MR) is 262 cm³/mol. The maximum Gasteiger partial charge on any atom is 0.164 e. The monoisotopic (exact) mass is 808 g/mol. The smallest absolute Gasteiger partial charge is 0.164 e. The largest absolute Gasteiger partial charge is 0.312 e. The minimum absolute atomic E-state index is 0.0721. The van der Waals surface area contributed by atoms with Crippen molar-refractivity contribution in [1.82, 2.24) is 19.5 Å². The van der Waals surface area contributed by atoms with E-state index < -0.39 is 0 Å². The summed E-state index contributed by atoms with van der Waals surface area (Å²) in [6.07, 6.45) is 3.04. The summed E-state index contributed by atoms with van der Waals surface area (Å²) in [5.41, 5.74) is 17.3. The van der Waals surface area contributed by atoms with E-state index in [0.717, 1.165) is 27.8 Å². The van der Waals surface area contributed by atoms with Crippen LogP contribution in [-0.4, -0.2) is 19.5 Å². The first kappa shape index (κ1) is 38.0. The molecule has 63 heavy (non-hydrogen) atoms. The normalized spacial score (nSPS) is 14.0. The molecular formula is C59H44N4. The summed E-state index contributed by atoms with van der Waals surface area (Å²) < 4.78 is 2.55. The molecule has 4 heteroatoms. The van der Waals surface area contributed by atoms with Crippen LogP contribution in [0.3, 0.4) is 0 Å². The van der Waals surface area contributed by atoms with E-state index in [1.165, 1.54) is 66.4 Å². The first-order valence-corrected chi connectivity index (χ1v) is 21.7. The molecular weight excluding hydrogens is 765 g/mol. The number of benzene rings is 8. The molecule has 0 bridgehead atoms. The summed E-state index contributed by atoms with van der Waals surface area (Å²) in [5, 5.41) is 2.51. The van der Waals surface area contributed by atoms with Crippen LogP contribution in [0.5, 0.6) is 0 Å². The number of nitrogens with zero attached hydrogens (tertiary/aromatic N) is 4. The van der Waals surface area contributed by atoms with Gasteiger partial charge >= 0.3 is 0 Å². The molecule has 0 spiro atoms. The van der Waals surface area contributed by atoms with Gasteiger partial charge in [0.05, 0.1) is 11.0 Å². The van der Waals surface area contributed by atoms with E-state index in [2.05, 4.69) is 194 Å². The van der Waals surface area contributed by atoms with Crippen LogP contribution in [0.1, 0.15) is 40.4 Å². The Morgan fingerprint density at radius 1 is 0.397 bits per heavy atom. The van der Waals surface area contributed by atoms with Gasteiger partial charge in [-0.2, -0.15) is 0 Å². The Balaban J connectivity index is 1.21. The lowest BCUT2D eigenvalue weighted by Crippen LogP contribution is -2.16. The van der Waals surface area contributed by atoms with E-state index in [-0.39, 0.29) is 5.92 Å². The van der Waals surface area contributed by atoms with Crippen molar-refractivity contribution >= 4 is 38.6 Å². The van der Waals surface area contributed by atoms with E-state index in [0.29, 0.717) is 23.9 Å².